The molecule has 0 aliphatic carbocycles. The average molecular weight is 368 g/mol. The van der Waals surface area contributed by atoms with Crippen molar-refractivity contribution in [1.29, 1.82) is 0 Å². The van der Waals surface area contributed by atoms with Crippen LogP contribution in [0.2, 0.25) is 0 Å². The lowest BCUT2D eigenvalue weighted by Crippen LogP contribution is -2.23. The highest BCUT2D eigenvalue weighted by molar-refractivity contribution is 5.91. The van der Waals surface area contributed by atoms with Gasteiger partial charge in [-0.2, -0.15) is 0 Å². The quantitative estimate of drug-likeness (QED) is 0.463. The van der Waals surface area contributed by atoms with Gasteiger partial charge in [-0.1, -0.05) is 24.3 Å². The first-order valence-electron chi connectivity index (χ1n) is 9.37. The minimum absolute atomic E-state index is 0.110. The van der Waals surface area contributed by atoms with Gasteiger partial charge >= 0.3 is 0 Å². The molecule has 0 aliphatic rings. The van der Waals surface area contributed by atoms with Gasteiger partial charge in [-0.05, 0) is 56.2 Å². The molecule has 0 aromatic heterocycles. The van der Waals surface area contributed by atoms with Crippen LogP contribution in [0.3, 0.4) is 0 Å². The van der Waals surface area contributed by atoms with E-state index < -0.39 is 0 Å². The number of amides is 1. The zero-order valence-electron chi connectivity index (χ0n) is 16.0. The number of carbonyl (C=O) groups excluding carboxylic acids is 1. The predicted octanol–water partition coefficient (Wildman–Crippen LogP) is 4.12. The van der Waals surface area contributed by atoms with E-state index in [0.29, 0.717) is 31.3 Å². The first-order chi connectivity index (χ1) is 13.2. The molecule has 5 heteroatoms. The summed E-state index contributed by atoms with van der Waals surface area (Å²) < 4.78 is 11.1. The van der Waals surface area contributed by atoms with Crippen molar-refractivity contribution in [3.05, 3.63) is 60.2 Å². The van der Waals surface area contributed by atoms with E-state index in [9.17, 15) is 4.79 Å². The predicted molar refractivity (Wildman–Crippen MR) is 110 cm³/mol. The first-order valence-corrected chi connectivity index (χ1v) is 9.37. The minimum atomic E-state index is -0.110. The number of para-hydroxylation sites is 1. The summed E-state index contributed by atoms with van der Waals surface area (Å²) in [4.78, 5) is 12.0. The summed E-state index contributed by atoms with van der Waals surface area (Å²) >= 11 is 0. The van der Waals surface area contributed by atoms with Gasteiger partial charge in [0.05, 0.1) is 13.2 Å². The molecule has 2 aromatic carbocycles. The Kier molecular flexibility index (Phi) is 8.77. The third-order valence-electron chi connectivity index (χ3n) is 3.75. The highest BCUT2D eigenvalue weighted by Crippen LogP contribution is 2.28. The Labute approximate surface area is 161 Å². The van der Waals surface area contributed by atoms with Gasteiger partial charge in [-0.25, -0.2) is 0 Å². The van der Waals surface area contributed by atoms with Crippen molar-refractivity contribution in [2.75, 3.05) is 31.6 Å². The fourth-order valence-electron chi connectivity index (χ4n) is 2.49. The van der Waals surface area contributed by atoms with Crippen LogP contribution in [0.5, 0.6) is 11.5 Å². The maximum absolute atomic E-state index is 12.0. The molecule has 0 saturated carbocycles. The van der Waals surface area contributed by atoms with Gasteiger partial charge in [0.2, 0.25) is 5.91 Å². The highest BCUT2D eigenvalue weighted by Gasteiger charge is 2.05. The maximum atomic E-state index is 12.0. The molecular weight excluding hydrogens is 340 g/mol. The van der Waals surface area contributed by atoms with Crippen molar-refractivity contribution < 1.29 is 14.3 Å². The number of anilines is 1. The molecule has 27 heavy (non-hydrogen) atoms. The van der Waals surface area contributed by atoms with E-state index >= 15 is 0 Å². The van der Waals surface area contributed by atoms with E-state index in [1.54, 1.807) is 6.08 Å². The van der Waals surface area contributed by atoms with Crippen molar-refractivity contribution in [3.63, 3.8) is 0 Å². The van der Waals surface area contributed by atoms with Crippen LogP contribution in [0.1, 0.15) is 25.8 Å². The lowest BCUT2D eigenvalue weighted by atomic mass is 10.2. The summed E-state index contributed by atoms with van der Waals surface area (Å²) in [6.07, 6.45) is 4.16. The summed E-state index contributed by atoms with van der Waals surface area (Å²) in [5, 5.41) is 6.20. The van der Waals surface area contributed by atoms with E-state index in [1.807, 2.05) is 62.4 Å². The summed E-state index contributed by atoms with van der Waals surface area (Å²) in [5.74, 6) is 1.29. The molecule has 1 amide bonds. The number of hydrogen-bond acceptors (Lipinski definition) is 4. The molecule has 5 nitrogen and oxygen atoms in total. The van der Waals surface area contributed by atoms with Crippen LogP contribution in [-0.4, -0.2) is 32.2 Å². The zero-order valence-corrected chi connectivity index (χ0v) is 16.0. The molecule has 0 fully saturated rings. The lowest BCUT2D eigenvalue weighted by Gasteiger charge is -2.11. The summed E-state index contributed by atoms with van der Waals surface area (Å²) in [6, 6.07) is 15.7. The Morgan fingerprint density at radius 1 is 0.963 bits per heavy atom. The molecule has 0 atom stereocenters. The number of ether oxygens (including phenoxy) is 2. The number of nitrogens with one attached hydrogen (secondary N) is 2. The van der Waals surface area contributed by atoms with Crippen LogP contribution in [0.15, 0.2) is 54.6 Å². The molecule has 2 N–H and O–H groups in total. The van der Waals surface area contributed by atoms with Crippen LogP contribution < -0.4 is 20.1 Å². The number of carbonyl (C=O) groups is 1. The van der Waals surface area contributed by atoms with Crippen LogP contribution in [-0.2, 0) is 4.79 Å². The molecule has 0 aliphatic heterocycles. The van der Waals surface area contributed by atoms with Crippen LogP contribution in [0, 0.1) is 0 Å². The molecule has 0 saturated heterocycles. The van der Waals surface area contributed by atoms with Gasteiger partial charge in [0.25, 0.3) is 0 Å². The van der Waals surface area contributed by atoms with E-state index in [2.05, 4.69) is 10.6 Å². The molecule has 0 unspecified atom stereocenters. The van der Waals surface area contributed by atoms with Gasteiger partial charge in [0.1, 0.15) is 0 Å². The monoisotopic (exact) mass is 368 g/mol. The second kappa shape index (κ2) is 11.6. The standard InChI is InChI=1S/C22H28N2O3/c1-3-26-20-13-11-18(17-21(20)27-4-2)12-14-22(25)24-16-8-15-23-19-9-6-5-7-10-19/h5-7,9-14,17,23H,3-4,8,15-16H2,1-2H3,(H,24,25). The van der Waals surface area contributed by atoms with E-state index in [1.165, 1.54) is 6.08 Å². The Balaban J connectivity index is 1.76. The molecule has 0 radical (unpaired) electrons. The van der Waals surface area contributed by atoms with E-state index in [4.69, 9.17) is 9.47 Å². The molecule has 0 bridgehead atoms. The number of rotatable bonds is 11. The van der Waals surface area contributed by atoms with Crippen molar-refractivity contribution in [1.82, 2.24) is 5.32 Å². The minimum Gasteiger partial charge on any atom is -0.490 e. The van der Waals surface area contributed by atoms with Crippen molar-refractivity contribution in [2.45, 2.75) is 20.3 Å². The highest BCUT2D eigenvalue weighted by atomic mass is 16.5. The van der Waals surface area contributed by atoms with Crippen molar-refractivity contribution in [2.24, 2.45) is 0 Å². The second-order valence-corrected chi connectivity index (χ2v) is 5.84. The van der Waals surface area contributed by atoms with Crippen molar-refractivity contribution >= 4 is 17.7 Å². The van der Waals surface area contributed by atoms with Crippen LogP contribution >= 0.6 is 0 Å². The average Bonchev–Trinajstić information content (AvgIpc) is 2.69. The summed E-state index contributed by atoms with van der Waals surface area (Å²) in [6.45, 7) is 6.43. The third kappa shape index (κ3) is 7.44. The third-order valence-corrected chi connectivity index (χ3v) is 3.75. The molecule has 144 valence electrons. The Hall–Kier alpha value is -2.95. The van der Waals surface area contributed by atoms with Gasteiger partial charge in [0.15, 0.2) is 11.5 Å². The molecule has 2 rings (SSSR count). The lowest BCUT2D eigenvalue weighted by molar-refractivity contribution is -0.116. The fourth-order valence-corrected chi connectivity index (χ4v) is 2.49. The molecule has 2 aromatic rings. The summed E-state index contributed by atoms with van der Waals surface area (Å²) in [5.41, 5.74) is 1.98. The Morgan fingerprint density at radius 2 is 1.70 bits per heavy atom. The Morgan fingerprint density at radius 3 is 2.44 bits per heavy atom. The molecule has 0 spiro atoms. The van der Waals surface area contributed by atoms with Crippen LogP contribution in [0.4, 0.5) is 5.69 Å². The fraction of sp³-hybridized carbons (Fsp3) is 0.318. The Bertz CT molecular complexity index is 730. The SMILES string of the molecule is CCOc1ccc(C=CC(=O)NCCCNc2ccccc2)cc1OCC. The smallest absolute Gasteiger partial charge is 0.244 e. The zero-order chi connectivity index (χ0) is 19.3. The topological polar surface area (TPSA) is 59.6 Å². The maximum Gasteiger partial charge on any atom is 0.244 e. The van der Waals surface area contributed by atoms with Gasteiger partial charge in [-0.3, -0.25) is 4.79 Å². The van der Waals surface area contributed by atoms with Crippen LogP contribution in [0.25, 0.3) is 6.08 Å². The van der Waals surface area contributed by atoms with Gasteiger partial charge in [-0.15, -0.1) is 0 Å². The van der Waals surface area contributed by atoms with E-state index in [-0.39, 0.29) is 5.91 Å². The molecule has 0 heterocycles. The normalized spacial score (nSPS) is 10.6. The largest absolute Gasteiger partial charge is 0.490 e. The van der Waals surface area contributed by atoms with E-state index in [0.717, 1.165) is 24.2 Å². The first kappa shape index (κ1) is 20.4. The number of hydrogen-bond donors (Lipinski definition) is 2. The van der Waals surface area contributed by atoms with Gasteiger partial charge < -0.3 is 20.1 Å². The molecular formula is C22H28N2O3. The van der Waals surface area contributed by atoms with Crippen molar-refractivity contribution in [3.8, 4) is 11.5 Å². The number of benzene rings is 2. The summed E-state index contributed by atoms with van der Waals surface area (Å²) in [7, 11) is 0. The van der Waals surface area contributed by atoms with Gasteiger partial charge in [0, 0.05) is 24.9 Å². The second-order valence-electron chi connectivity index (χ2n) is 5.84.